The molecule has 2 heterocycles. The van der Waals surface area contributed by atoms with E-state index in [-0.39, 0.29) is 11.7 Å². The zero-order valence-corrected chi connectivity index (χ0v) is 19.4. The molecular weight excluding hydrogens is 450 g/mol. The van der Waals surface area contributed by atoms with Crippen LogP contribution in [0.25, 0.3) is 11.3 Å². The highest BCUT2D eigenvalue weighted by Gasteiger charge is 2.43. The molecule has 1 aromatic heterocycles. The van der Waals surface area contributed by atoms with Crippen molar-refractivity contribution in [1.29, 1.82) is 0 Å². The maximum absolute atomic E-state index is 13.3. The Balaban J connectivity index is 1.95. The Morgan fingerprint density at radius 2 is 1.79 bits per heavy atom. The number of ether oxygens (including phenoxy) is 4. The number of hydrogen-bond donors (Lipinski definition) is 2. The van der Waals surface area contributed by atoms with E-state index in [0.717, 1.165) is 5.56 Å². The summed E-state index contributed by atoms with van der Waals surface area (Å²) in [6, 6.07) is 7.73. The maximum atomic E-state index is 13.3. The number of carbonyl (C=O) groups is 1. The standard InChI is InChI=1S/C23H24ClN3O6/c1-30-8-7-27-21(12-9-16(31-2)22(33-4)17(10-12)32-3)18-19(25-26-20(18)23(27)29)14-11-13(24)5-6-15(14)28/h5-6,9-11,21,28H,7-8H2,1-4H3,(H,25,26). The van der Waals surface area contributed by atoms with Crippen molar-refractivity contribution in [2.24, 2.45) is 0 Å². The van der Waals surface area contributed by atoms with Gasteiger partial charge in [-0.15, -0.1) is 0 Å². The first kappa shape index (κ1) is 22.8. The van der Waals surface area contributed by atoms with Crippen LogP contribution in [0.15, 0.2) is 30.3 Å². The van der Waals surface area contributed by atoms with Gasteiger partial charge in [0.1, 0.15) is 17.1 Å². The first-order valence-electron chi connectivity index (χ1n) is 10.1. The van der Waals surface area contributed by atoms with Crippen molar-refractivity contribution in [3.63, 3.8) is 0 Å². The topological polar surface area (TPSA) is 106 Å². The van der Waals surface area contributed by atoms with E-state index in [9.17, 15) is 9.90 Å². The molecule has 0 radical (unpaired) electrons. The molecule has 0 aliphatic carbocycles. The van der Waals surface area contributed by atoms with Crippen molar-refractivity contribution >= 4 is 17.5 Å². The number of H-pyrrole nitrogens is 1. The van der Waals surface area contributed by atoms with Gasteiger partial charge in [-0.3, -0.25) is 9.89 Å². The van der Waals surface area contributed by atoms with Crippen molar-refractivity contribution in [2.75, 3.05) is 41.6 Å². The fourth-order valence-electron chi connectivity index (χ4n) is 4.13. The van der Waals surface area contributed by atoms with Crippen LogP contribution >= 0.6 is 11.6 Å². The van der Waals surface area contributed by atoms with Crippen LogP contribution in [0.4, 0.5) is 0 Å². The first-order valence-corrected chi connectivity index (χ1v) is 10.5. The molecule has 0 saturated heterocycles. The minimum absolute atomic E-state index is 0.000123. The molecule has 1 unspecified atom stereocenters. The summed E-state index contributed by atoms with van der Waals surface area (Å²) >= 11 is 6.19. The van der Waals surface area contributed by atoms with Crippen LogP contribution < -0.4 is 14.2 Å². The van der Waals surface area contributed by atoms with E-state index in [1.54, 1.807) is 36.3 Å². The highest BCUT2D eigenvalue weighted by molar-refractivity contribution is 6.31. The number of nitrogens with zero attached hydrogens (tertiary/aromatic N) is 2. The van der Waals surface area contributed by atoms with Crippen LogP contribution in [-0.2, 0) is 4.74 Å². The molecule has 0 bridgehead atoms. The van der Waals surface area contributed by atoms with Crippen LogP contribution in [0, 0.1) is 0 Å². The lowest BCUT2D eigenvalue weighted by atomic mass is 9.95. The molecule has 0 spiro atoms. The molecule has 2 aromatic carbocycles. The van der Waals surface area contributed by atoms with Gasteiger partial charge >= 0.3 is 0 Å². The number of phenols is 1. The summed E-state index contributed by atoms with van der Waals surface area (Å²) in [6.07, 6.45) is 0. The van der Waals surface area contributed by atoms with Gasteiger partial charge in [-0.25, -0.2) is 0 Å². The van der Waals surface area contributed by atoms with E-state index in [0.29, 0.717) is 57.9 Å². The summed E-state index contributed by atoms with van der Waals surface area (Å²) in [5.41, 5.74) is 2.51. The van der Waals surface area contributed by atoms with Gasteiger partial charge in [-0.05, 0) is 35.9 Å². The molecule has 1 aliphatic rings. The normalized spacial score (nSPS) is 15.0. The lowest BCUT2D eigenvalue weighted by molar-refractivity contribution is 0.0677. The largest absolute Gasteiger partial charge is 0.507 e. The summed E-state index contributed by atoms with van der Waals surface area (Å²) in [4.78, 5) is 15.0. The first-order chi connectivity index (χ1) is 15.9. The van der Waals surface area contributed by atoms with Gasteiger partial charge in [0.2, 0.25) is 5.75 Å². The molecule has 1 atom stereocenters. The van der Waals surface area contributed by atoms with E-state index >= 15 is 0 Å². The van der Waals surface area contributed by atoms with E-state index in [1.807, 2.05) is 0 Å². The number of aromatic amines is 1. The van der Waals surface area contributed by atoms with Crippen molar-refractivity contribution in [2.45, 2.75) is 6.04 Å². The number of phenolic OH excluding ortho intramolecular Hbond substituents is 1. The quantitative estimate of drug-likeness (QED) is 0.514. The number of carbonyl (C=O) groups excluding carboxylic acids is 1. The highest BCUT2D eigenvalue weighted by Crippen LogP contribution is 2.48. The van der Waals surface area contributed by atoms with Gasteiger partial charge in [-0.2, -0.15) is 5.10 Å². The molecule has 2 N–H and O–H groups in total. The number of methoxy groups -OCH3 is 4. The van der Waals surface area contributed by atoms with Crippen molar-refractivity contribution in [3.05, 3.63) is 52.2 Å². The summed E-state index contributed by atoms with van der Waals surface area (Å²) in [6.45, 7) is 0.669. The predicted molar refractivity (Wildman–Crippen MR) is 122 cm³/mol. The van der Waals surface area contributed by atoms with Crippen LogP contribution in [0.3, 0.4) is 0 Å². The van der Waals surface area contributed by atoms with Crippen molar-refractivity contribution < 1.29 is 28.8 Å². The Morgan fingerprint density at radius 1 is 1.09 bits per heavy atom. The van der Waals surface area contributed by atoms with Gasteiger partial charge in [0.25, 0.3) is 5.91 Å². The molecular formula is C23H24ClN3O6. The summed E-state index contributed by atoms with van der Waals surface area (Å²) in [5.74, 6) is 1.11. The van der Waals surface area contributed by atoms with Crippen molar-refractivity contribution in [3.8, 4) is 34.3 Å². The lowest BCUT2D eigenvalue weighted by Crippen LogP contribution is -2.32. The summed E-state index contributed by atoms with van der Waals surface area (Å²) < 4.78 is 21.7. The van der Waals surface area contributed by atoms with Crippen LogP contribution in [0.5, 0.6) is 23.0 Å². The van der Waals surface area contributed by atoms with Crippen LogP contribution in [0.1, 0.15) is 27.7 Å². The zero-order chi connectivity index (χ0) is 23.7. The average Bonchev–Trinajstić information content (AvgIpc) is 3.36. The van der Waals surface area contributed by atoms with Gasteiger partial charge in [-0.1, -0.05) is 11.6 Å². The molecule has 1 aliphatic heterocycles. The number of aromatic hydroxyl groups is 1. The number of nitrogens with one attached hydrogen (secondary N) is 1. The number of benzene rings is 2. The van der Waals surface area contributed by atoms with Gasteiger partial charge in [0.05, 0.1) is 34.0 Å². The number of amides is 1. The second kappa shape index (κ2) is 9.21. The number of aromatic nitrogens is 2. The third-order valence-corrected chi connectivity index (χ3v) is 5.85. The molecule has 10 heteroatoms. The number of hydrogen-bond acceptors (Lipinski definition) is 7. The molecule has 0 fully saturated rings. The molecule has 33 heavy (non-hydrogen) atoms. The van der Waals surface area contributed by atoms with E-state index in [1.165, 1.54) is 27.4 Å². The Hall–Kier alpha value is -3.43. The van der Waals surface area contributed by atoms with E-state index in [2.05, 4.69) is 10.2 Å². The lowest BCUT2D eigenvalue weighted by Gasteiger charge is -2.27. The predicted octanol–water partition coefficient (Wildman–Crippen LogP) is 3.65. The minimum atomic E-state index is -0.552. The summed E-state index contributed by atoms with van der Waals surface area (Å²) in [5, 5.41) is 18.2. The van der Waals surface area contributed by atoms with Gasteiger partial charge in [0, 0.05) is 29.8 Å². The molecule has 174 valence electrons. The molecule has 3 aromatic rings. The van der Waals surface area contributed by atoms with E-state index < -0.39 is 6.04 Å². The molecule has 1 amide bonds. The molecule has 9 nitrogen and oxygen atoms in total. The fraction of sp³-hybridized carbons (Fsp3) is 0.304. The fourth-order valence-corrected chi connectivity index (χ4v) is 4.30. The number of rotatable bonds is 8. The second-order valence-electron chi connectivity index (χ2n) is 7.37. The van der Waals surface area contributed by atoms with Crippen molar-refractivity contribution in [1.82, 2.24) is 15.1 Å². The van der Waals surface area contributed by atoms with Crippen LogP contribution in [-0.4, -0.2) is 67.7 Å². The second-order valence-corrected chi connectivity index (χ2v) is 7.81. The average molecular weight is 474 g/mol. The smallest absolute Gasteiger partial charge is 0.273 e. The SMILES string of the molecule is COCCN1C(=O)c2[nH]nc(-c3cc(Cl)ccc3O)c2C1c1cc(OC)c(OC)c(OC)c1. The summed E-state index contributed by atoms with van der Waals surface area (Å²) in [7, 11) is 6.16. The third-order valence-electron chi connectivity index (χ3n) is 5.62. The van der Waals surface area contributed by atoms with Crippen LogP contribution in [0.2, 0.25) is 5.02 Å². The monoisotopic (exact) mass is 473 g/mol. The Kier molecular flexibility index (Phi) is 6.35. The maximum Gasteiger partial charge on any atom is 0.273 e. The van der Waals surface area contributed by atoms with Gasteiger partial charge < -0.3 is 29.0 Å². The number of halogens is 1. The molecule has 0 saturated carbocycles. The number of fused-ring (bicyclic) bond motifs is 1. The third kappa shape index (κ3) is 3.83. The molecule has 4 rings (SSSR count). The highest BCUT2D eigenvalue weighted by atomic mass is 35.5. The van der Waals surface area contributed by atoms with Gasteiger partial charge in [0.15, 0.2) is 11.5 Å². The van der Waals surface area contributed by atoms with E-state index in [4.69, 9.17) is 30.5 Å². The Morgan fingerprint density at radius 3 is 2.39 bits per heavy atom. The zero-order valence-electron chi connectivity index (χ0n) is 18.6. The Labute approximate surface area is 195 Å². The minimum Gasteiger partial charge on any atom is -0.507 e. The Bertz CT molecular complexity index is 1170.